The lowest BCUT2D eigenvalue weighted by Gasteiger charge is -2.08. The largest absolute Gasteiger partial charge is 0.462 e. The zero-order chi connectivity index (χ0) is 15.2. The first-order chi connectivity index (χ1) is 10.1. The summed E-state index contributed by atoms with van der Waals surface area (Å²) in [5.74, 6) is -0.643. The van der Waals surface area contributed by atoms with Crippen molar-refractivity contribution in [1.82, 2.24) is 15.1 Å². The predicted molar refractivity (Wildman–Crippen MR) is 76.1 cm³/mol. The van der Waals surface area contributed by atoms with Crippen molar-refractivity contribution < 1.29 is 13.9 Å². The predicted octanol–water partition coefficient (Wildman–Crippen LogP) is 2.03. The van der Waals surface area contributed by atoms with E-state index in [1.165, 1.54) is 18.3 Å². The van der Waals surface area contributed by atoms with Crippen LogP contribution in [0, 0.1) is 5.82 Å². The molecule has 0 aliphatic rings. The summed E-state index contributed by atoms with van der Waals surface area (Å²) >= 11 is 0. The van der Waals surface area contributed by atoms with Gasteiger partial charge in [0.25, 0.3) is 0 Å². The smallest absolute Gasteiger partial charge is 0.341 e. The van der Waals surface area contributed by atoms with Crippen molar-refractivity contribution in [3.05, 3.63) is 53.1 Å². The molecule has 0 atom stereocenters. The van der Waals surface area contributed by atoms with Crippen LogP contribution >= 0.6 is 0 Å². The number of carbonyl (C=O) groups is 1. The summed E-state index contributed by atoms with van der Waals surface area (Å²) in [7, 11) is 1.77. The molecule has 2 rings (SSSR count). The van der Waals surface area contributed by atoms with Crippen molar-refractivity contribution in [3.8, 4) is 0 Å². The first-order valence-electron chi connectivity index (χ1n) is 6.75. The van der Waals surface area contributed by atoms with Crippen molar-refractivity contribution in [2.75, 3.05) is 6.61 Å². The Bertz CT molecular complexity index is 625. The Morgan fingerprint density at radius 1 is 1.43 bits per heavy atom. The third kappa shape index (κ3) is 3.88. The van der Waals surface area contributed by atoms with Crippen molar-refractivity contribution >= 4 is 5.97 Å². The molecule has 0 spiro atoms. The van der Waals surface area contributed by atoms with Gasteiger partial charge in [-0.25, -0.2) is 9.18 Å². The highest BCUT2D eigenvalue weighted by Gasteiger charge is 2.16. The summed E-state index contributed by atoms with van der Waals surface area (Å²) in [4.78, 5) is 11.8. The number of ether oxygens (including phenoxy) is 1. The maximum atomic E-state index is 13.1. The van der Waals surface area contributed by atoms with E-state index in [2.05, 4.69) is 10.4 Å². The second-order valence-corrected chi connectivity index (χ2v) is 4.58. The third-order valence-electron chi connectivity index (χ3n) is 3.07. The third-order valence-corrected chi connectivity index (χ3v) is 3.07. The minimum absolute atomic E-state index is 0.262. The molecular weight excluding hydrogens is 273 g/mol. The average molecular weight is 291 g/mol. The molecule has 1 aromatic heterocycles. The van der Waals surface area contributed by atoms with Gasteiger partial charge in [-0.05, 0) is 24.6 Å². The fourth-order valence-electron chi connectivity index (χ4n) is 2.02. The molecule has 0 aliphatic carbocycles. The summed E-state index contributed by atoms with van der Waals surface area (Å²) in [6.07, 6.45) is 1.50. The van der Waals surface area contributed by atoms with Gasteiger partial charge < -0.3 is 10.1 Å². The molecule has 6 heteroatoms. The van der Waals surface area contributed by atoms with Gasteiger partial charge in [-0.2, -0.15) is 5.10 Å². The average Bonchev–Trinajstić information content (AvgIpc) is 2.81. The van der Waals surface area contributed by atoms with E-state index < -0.39 is 0 Å². The first kappa shape index (κ1) is 15.2. The SMILES string of the molecule is CCOC(=O)c1cnn(C)c1CNCc1cccc(F)c1. The fourth-order valence-corrected chi connectivity index (χ4v) is 2.02. The molecule has 5 nitrogen and oxygen atoms in total. The van der Waals surface area contributed by atoms with E-state index in [-0.39, 0.29) is 11.8 Å². The van der Waals surface area contributed by atoms with Gasteiger partial charge in [0.15, 0.2) is 0 Å². The van der Waals surface area contributed by atoms with Crippen molar-refractivity contribution in [1.29, 1.82) is 0 Å². The molecule has 112 valence electrons. The van der Waals surface area contributed by atoms with E-state index >= 15 is 0 Å². The second kappa shape index (κ2) is 6.99. The molecule has 1 N–H and O–H groups in total. The molecule has 0 radical (unpaired) electrons. The zero-order valence-corrected chi connectivity index (χ0v) is 12.1. The minimum Gasteiger partial charge on any atom is -0.462 e. The second-order valence-electron chi connectivity index (χ2n) is 4.58. The van der Waals surface area contributed by atoms with Crippen molar-refractivity contribution in [2.45, 2.75) is 20.0 Å². The Labute approximate surface area is 122 Å². The van der Waals surface area contributed by atoms with E-state index in [9.17, 15) is 9.18 Å². The summed E-state index contributed by atoms with van der Waals surface area (Å²) in [5, 5.41) is 7.25. The molecule has 0 saturated heterocycles. The molecule has 1 aromatic carbocycles. The molecule has 0 bridgehead atoms. The lowest BCUT2D eigenvalue weighted by molar-refractivity contribution is 0.0524. The lowest BCUT2D eigenvalue weighted by Crippen LogP contribution is -2.18. The molecule has 21 heavy (non-hydrogen) atoms. The van der Waals surface area contributed by atoms with E-state index in [1.807, 2.05) is 6.07 Å². The number of aromatic nitrogens is 2. The summed E-state index contributed by atoms with van der Waals surface area (Å²) in [6.45, 7) is 3.03. The molecule has 1 heterocycles. The summed E-state index contributed by atoms with van der Waals surface area (Å²) in [6, 6.07) is 6.39. The molecule has 0 unspecified atom stereocenters. The van der Waals surface area contributed by atoms with Gasteiger partial charge in [0, 0.05) is 20.1 Å². The normalized spacial score (nSPS) is 10.6. The number of hydrogen-bond acceptors (Lipinski definition) is 4. The van der Waals surface area contributed by atoms with Crippen LogP contribution in [0.3, 0.4) is 0 Å². The van der Waals surface area contributed by atoms with E-state index in [0.29, 0.717) is 25.3 Å². The number of nitrogens with one attached hydrogen (secondary N) is 1. The quantitative estimate of drug-likeness (QED) is 0.827. The van der Waals surface area contributed by atoms with Gasteiger partial charge >= 0.3 is 5.97 Å². The minimum atomic E-state index is -0.381. The van der Waals surface area contributed by atoms with Crippen LogP contribution in [0.1, 0.15) is 28.5 Å². The van der Waals surface area contributed by atoms with Crippen LogP contribution in [0.5, 0.6) is 0 Å². The van der Waals surface area contributed by atoms with Crippen LogP contribution in [-0.2, 0) is 24.9 Å². The highest BCUT2D eigenvalue weighted by Crippen LogP contribution is 2.10. The van der Waals surface area contributed by atoms with Gasteiger partial charge in [0.1, 0.15) is 11.4 Å². The monoisotopic (exact) mass is 291 g/mol. The standard InChI is InChI=1S/C15H18FN3O2/c1-3-21-15(20)13-9-18-19(2)14(13)10-17-8-11-5-4-6-12(16)7-11/h4-7,9,17H,3,8,10H2,1-2H3. The fraction of sp³-hybridized carbons (Fsp3) is 0.333. The van der Waals surface area contributed by atoms with Crippen molar-refractivity contribution in [2.24, 2.45) is 7.05 Å². The molecular formula is C15H18FN3O2. The number of aryl methyl sites for hydroxylation is 1. The number of benzene rings is 1. The molecule has 2 aromatic rings. The maximum Gasteiger partial charge on any atom is 0.341 e. The van der Waals surface area contributed by atoms with Crippen LogP contribution in [0.4, 0.5) is 4.39 Å². The molecule has 0 fully saturated rings. The molecule has 0 aliphatic heterocycles. The van der Waals surface area contributed by atoms with E-state index in [1.54, 1.807) is 24.7 Å². The van der Waals surface area contributed by atoms with E-state index in [4.69, 9.17) is 4.74 Å². The van der Waals surface area contributed by atoms with E-state index in [0.717, 1.165) is 11.3 Å². The van der Waals surface area contributed by atoms with Crippen LogP contribution in [0.2, 0.25) is 0 Å². The highest BCUT2D eigenvalue weighted by atomic mass is 19.1. The zero-order valence-electron chi connectivity index (χ0n) is 12.1. The number of carbonyl (C=O) groups excluding carboxylic acids is 1. The molecule has 0 saturated carbocycles. The van der Waals surface area contributed by atoms with Crippen molar-refractivity contribution in [3.63, 3.8) is 0 Å². The Morgan fingerprint density at radius 2 is 2.24 bits per heavy atom. The van der Waals surface area contributed by atoms with Gasteiger partial charge in [-0.15, -0.1) is 0 Å². The Hall–Kier alpha value is -2.21. The first-order valence-corrected chi connectivity index (χ1v) is 6.75. The van der Waals surface area contributed by atoms with Crippen LogP contribution in [-0.4, -0.2) is 22.4 Å². The van der Waals surface area contributed by atoms with Gasteiger partial charge in [0.05, 0.1) is 18.5 Å². The summed E-state index contributed by atoms with van der Waals surface area (Å²) in [5.41, 5.74) is 2.03. The number of nitrogens with zero attached hydrogens (tertiary/aromatic N) is 2. The number of halogens is 1. The van der Waals surface area contributed by atoms with Crippen LogP contribution in [0.25, 0.3) is 0 Å². The van der Waals surface area contributed by atoms with Gasteiger partial charge in [-0.3, -0.25) is 4.68 Å². The van der Waals surface area contributed by atoms with Gasteiger partial charge in [0.2, 0.25) is 0 Å². The molecule has 0 amide bonds. The maximum absolute atomic E-state index is 13.1. The summed E-state index contributed by atoms with van der Waals surface area (Å²) < 4.78 is 19.7. The Morgan fingerprint density at radius 3 is 2.95 bits per heavy atom. The Balaban J connectivity index is 2.00. The lowest BCUT2D eigenvalue weighted by atomic mass is 10.2. The Kier molecular flexibility index (Phi) is 5.05. The van der Waals surface area contributed by atoms with Crippen LogP contribution < -0.4 is 5.32 Å². The number of hydrogen-bond donors (Lipinski definition) is 1. The highest BCUT2D eigenvalue weighted by molar-refractivity contribution is 5.90. The number of esters is 1. The number of rotatable bonds is 6. The van der Waals surface area contributed by atoms with Crippen LogP contribution in [0.15, 0.2) is 30.5 Å². The topological polar surface area (TPSA) is 56.1 Å². The van der Waals surface area contributed by atoms with Gasteiger partial charge in [-0.1, -0.05) is 12.1 Å².